The van der Waals surface area contributed by atoms with Crippen LogP contribution in [0.5, 0.6) is 0 Å². The fourth-order valence-electron chi connectivity index (χ4n) is 2.20. The first kappa shape index (κ1) is 12.8. The zero-order valence-electron chi connectivity index (χ0n) is 11.0. The van der Waals surface area contributed by atoms with E-state index in [0.29, 0.717) is 0 Å². The molecule has 0 aliphatic rings. The highest BCUT2D eigenvalue weighted by molar-refractivity contribution is 5.26. The second kappa shape index (κ2) is 5.78. The molecule has 1 unspecified atom stereocenters. The second-order valence-electron chi connectivity index (χ2n) is 4.52. The first-order valence-electron chi connectivity index (χ1n) is 6.37. The van der Waals surface area contributed by atoms with Crippen LogP contribution in [0.2, 0.25) is 0 Å². The van der Waals surface area contributed by atoms with E-state index in [2.05, 4.69) is 17.0 Å². The molecule has 18 heavy (non-hydrogen) atoms. The Bertz CT molecular complexity index is 504. The molecule has 0 saturated carbocycles. The minimum Gasteiger partial charge on any atom is -0.324 e. The SMILES string of the molecule is CCc1cnccc1C(N)CCc1ccnn1C. The molecule has 0 bridgehead atoms. The second-order valence-corrected chi connectivity index (χ2v) is 4.52. The van der Waals surface area contributed by atoms with Gasteiger partial charge >= 0.3 is 0 Å². The lowest BCUT2D eigenvalue weighted by Crippen LogP contribution is -2.14. The molecule has 4 nitrogen and oxygen atoms in total. The van der Waals surface area contributed by atoms with Crippen molar-refractivity contribution in [3.8, 4) is 0 Å². The number of hydrogen-bond donors (Lipinski definition) is 1. The summed E-state index contributed by atoms with van der Waals surface area (Å²) in [7, 11) is 1.96. The van der Waals surface area contributed by atoms with Gasteiger partial charge in [0.1, 0.15) is 0 Å². The van der Waals surface area contributed by atoms with Gasteiger partial charge < -0.3 is 5.73 Å². The molecule has 0 aliphatic heterocycles. The van der Waals surface area contributed by atoms with Gasteiger partial charge in [0, 0.05) is 37.4 Å². The van der Waals surface area contributed by atoms with E-state index in [1.165, 1.54) is 16.8 Å². The Balaban J connectivity index is 2.03. The van der Waals surface area contributed by atoms with Gasteiger partial charge in [0.05, 0.1) is 0 Å². The average molecular weight is 244 g/mol. The van der Waals surface area contributed by atoms with E-state index in [9.17, 15) is 0 Å². The molecule has 2 aromatic heterocycles. The van der Waals surface area contributed by atoms with Crippen molar-refractivity contribution in [2.45, 2.75) is 32.2 Å². The molecule has 2 N–H and O–H groups in total. The van der Waals surface area contributed by atoms with Crippen molar-refractivity contribution in [1.82, 2.24) is 14.8 Å². The third-order valence-corrected chi connectivity index (χ3v) is 3.36. The lowest BCUT2D eigenvalue weighted by atomic mass is 9.97. The number of nitrogens with zero attached hydrogens (tertiary/aromatic N) is 3. The van der Waals surface area contributed by atoms with E-state index in [-0.39, 0.29) is 6.04 Å². The predicted octanol–water partition coefficient (Wildman–Crippen LogP) is 2.01. The lowest BCUT2D eigenvalue weighted by molar-refractivity contribution is 0.609. The molecule has 2 heterocycles. The highest BCUT2D eigenvalue weighted by Gasteiger charge is 2.11. The number of hydrogen-bond acceptors (Lipinski definition) is 3. The highest BCUT2D eigenvalue weighted by atomic mass is 15.2. The Morgan fingerprint density at radius 2 is 2.17 bits per heavy atom. The van der Waals surface area contributed by atoms with Crippen molar-refractivity contribution in [3.05, 3.63) is 47.5 Å². The summed E-state index contributed by atoms with van der Waals surface area (Å²) in [6.07, 6.45) is 8.41. The van der Waals surface area contributed by atoms with Crippen molar-refractivity contribution in [2.75, 3.05) is 0 Å². The molecule has 2 rings (SSSR count). The fourth-order valence-corrected chi connectivity index (χ4v) is 2.20. The van der Waals surface area contributed by atoms with Gasteiger partial charge in [-0.25, -0.2) is 0 Å². The van der Waals surface area contributed by atoms with Crippen LogP contribution in [0, 0.1) is 0 Å². The molecule has 1 atom stereocenters. The van der Waals surface area contributed by atoms with E-state index in [1.807, 2.05) is 42.5 Å². The van der Waals surface area contributed by atoms with Crippen LogP contribution < -0.4 is 5.73 Å². The number of aryl methyl sites for hydroxylation is 3. The lowest BCUT2D eigenvalue weighted by Gasteiger charge is -2.15. The number of nitrogens with two attached hydrogens (primary N) is 1. The molecule has 96 valence electrons. The molecule has 4 heteroatoms. The predicted molar refractivity (Wildman–Crippen MR) is 72.1 cm³/mol. The Labute approximate surface area is 108 Å². The molecule has 0 aliphatic carbocycles. The zero-order valence-corrected chi connectivity index (χ0v) is 11.0. The van der Waals surface area contributed by atoms with Gasteiger partial charge in [-0.15, -0.1) is 0 Å². The molecular formula is C14H20N4. The summed E-state index contributed by atoms with van der Waals surface area (Å²) < 4.78 is 1.90. The van der Waals surface area contributed by atoms with Crippen LogP contribution in [0.25, 0.3) is 0 Å². The molecule has 0 saturated heterocycles. The van der Waals surface area contributed by atoms with Crippen LogP contribution in [0.15, 0.2) is 30.7 Å². The van der Waals surface area contributed by atoms with Crippen molar-refractivity contribution in [1.29, 1.82) is 0 Å². The summed E-state index contributed by atoms with van der Waals surface area (Å²) in [6.45, 7) is 2.13. The molecule has 0 fully saturated rings. The number of aromatic nitrogens is 3. The maximum atomic E-state index is 6.28. The topological polar surface area (TPSA) is 56.7 Å². The van der Waals surface area contributed by atoms with Crippen LogP contribution in [-0.2, 0) is 19.9 Å². The maximum Gasteiger partial charge on any atom is 0.0492 e. The monoisotopic (exact) mass is 244 g/mol. The third-order valence-electron chi connectivity index (χ3n) is 3.36. The van der Waals surface area contributed by atoms with Gasteiger partial charge in [-0.1, -0.05) is 6.92 Å². The summed E-state index contributed by atoms with van der Waals surface area (Å²) in [5.74, 6) is 0. The van der Waals surface area contributed by atoms with Crippen LogP contribution in [0.4, 0.5) is 0 Å². The third kappa shape index (κ3) is 2.76. The van der Waals surface area contributed by atoms with Gasteiger partial charge in [0.15, 0.2) is 0 Å². The maximum absolute atomic E-state index is 6.28. The van der Waals surface area contributed by atoms with Crippen molar-refractivity contribution in [3.63, 3.8) is 0 Å². The minimum atomic E-state index is 0.0675. The van der Waals surface area contributed by atoms with Crippen LogP contribution >= 0.6 is 0 Å². The Kier molecular flexibility index (Phi) is 4.10. The van der Waals surface area contributed by atoms with Crippen molar-refractivity contribution < 1.29 is 0 Å². The molecule has 0 spiro atoms. The number of rotatable bonds is 5. The van der Waals surface area contributed by atoms with Crippen LogP contribution in [0.1, 0.15) is 36.2 Å². The summed E-state index contributed by atoms with van der Waals surface area (Å²) in [4.78, 5) is 4.15. The van der Waals surface area contributed by atoms with Gasteiger partial charge in [0.25, 0.3) is 0 Å². The van der Waals surface area contributed by atoms with Crippen LogP contribution in [0.3, 0.4) is 0 Å². The zero-order chi connectivity index (χ0) is 13.0. The van der Waals surface area contributed by atoms with Gasteiger partial charge in [-0.2, -0.15) is 5.10 Å². The first-order valence-corrected chi connectivity index (χ1v) is 6.37. The highest BCUT2D eigenvalue weighted by Crippen LogP contribution is 2.20. The van der Waals surface area contributed by atoms with E-state index in [1.54, 1.807) is 0 Å². The molecule has 0 amide bonds. The van der Waals surface area contributed by atoms with Crippen molar-refractivity contribution in [2.24, 2.45) is 12.8 Å². The summed E-state index contributed by atoms with van der Waals surface area (Å²) in [5.41, 5.74) is 9.96. The summed E-state index contributed by atoms with van der Waals surface area (Å²) >= 11 is 0. The fraction of sp³-hybridized carbons (Fsp3) is 0.429. The average Bonchev–Trinajstić information content (AvgIpc) is 2.81. The van der Waals surface area contributed by atoms with Gasteiger partial charge in [0.2, 0.25) is 0 Å². The van der Waals surface area contributed by atoms with Crippen LogP contribution in [-0.4, -0.2) is 14.8 Å². The Morgan fingerprint density at radius 1 is 1.33 bits per heavy atom. The normalized spacial score (nSPS) is 12.6. The molecule has 0 aromatic carbocycles. The Morgan fingerprint density at radius 3 is 2.83 bits per heavy atom. The molecule has 0 radical (unpaired) electrons. The number of pyridine rings is 1. The Hall–Kier alpha value is -1.68. The smallest absolute Gasteiger partial charge is 0.0492 e. The first-order chi connectivity index (χ1) is 8.72. The van der Waals surface area contributed by atoms with E-state index in [4.69, 9.17) is 5.73 Å². The van der Waals surface area contributed by atoms with Crippen molar-refractivity contribution >= 4 is 0 Å². The summed E-state index contributed by atoms with van der Waals surface area (Å²) in [6, 6.07) is 4.14. The minimum absolute atomic E-state index is 0.0675. The standard InChI is InChI=1S/C14H20N4/c1-3-11-10-16-8-7-13(11)14(15)5-4-12-6-9-17-18(12)2/h6-10,14H,3-5,15H2,1-2H3. The van der Waals surface area contributed by atoms with Gasteiger partial charge in [-0.3, -0.25) is 9.67 Å². The summed E-state index contributed by atoms with van der Waals surface area (Å²) in [5, 5.41) is 4.17. The molecule has 2 aromatic rings. The molecular weight excluding hydrogens is 224 g/mol. The van der Waals surface area contributed by atoms with E-state index in [0.717, 1.165) is 19.3 Å². The van der Waals surface area contributed by atoms with E-state index >= 15 is 0 Å². The van der Waals surface area contributed by atoms with Gasteiger partial charge in [-0.05, 0) is 42.5 Å². The largest absolute Gasteiger partial charge is 0.324 e. The van der Waals surface area contributed by atoms with E-state index < -0.39 is 0 Å². The quantitative estimate of drug-likeness (QED) is 0.875.